The molecule has 0 unspecified atom stereocenters. The number of piperidine rings is 1. The Kier molecular flexibility index (Phi) is 2.96. The van der Waals surface area contributed by atoms with Gasteiger partial charge in [-0.1, -0.05) is 0 Å². The Hall–Kier alpha value is -1.55. The smallest absolute Gasteiger partial charge is 0.132 e. The summed E-state index contributed by atoms with van der Waals surface area (Å²) in [5, 5.41) is 4.15. The Bertz CT molecular complexity index is 577. The highest BCUT2D eigenvalue weighted by atomic mass is 19.1. The van der Waals surface area contributed by atoms with Gasteiger partial charge in [0.15, 0.2) is 0 Å². The van der Waals surface area contributed by atoms with Crippen LogP contribution in [0.1, 0.15) is 30.3 Å². The van der Waals surface area contributed by atoms with Gasteiger partial charge >= 0.3 is 0 Å². The molecule has 1 fully saturated rings. The van der Waals surface area contributed by atoms with Crippen LogP contribution in [0, 0.1) is 12.7 Å². The molecular formula is C14H16FN3. The standard InChI is InChI=1S/C14H16FN3/c1-9-12-8-11(15)2-3-13(12)18-14(17-9)10-4-6-16-7-5-10/h2-3,8,10,16H,4-7H2,1H3. The number of aryl methyl sites for hydroxylation is 1. The van der Waals surface area contributed by atoms with Crippen LogP contribution in [0.25, 0.3) is 10.9 Å². The molecule has 94 valence electrons. The van der Waals surface area contributed by atoms with E-state index < -0.39 is 0 Å². The number of hydrogen-bond acceptors (Lipinski definition) is 3. The van der Waals surface area contributed by atoms with Crippen molar-refractivity contribution in [2.45, 2.75) is 25.7 Å². The van der Waals surface area contributed by atoms with Crippen molar-refractivity contribution in [2.75, 3.05) is 13.1 Å². The Morgan fingerprint density at radius 3 is 2.78 bits per heavy atom. The molecule has 1 saturated heterocycles. The molecular weight excluding hydrogens is 229 g/mol. The zero-order valence-electron chi connectivity index (χ0n) is 10.4. The highest BCUT2D eigenvalue weighted by Gasteiger charge is 2.19. The van der Waals surface area contributed by atoms with Gasteiger partial charge in [-0.25, -0.2) is 14.4 Å². The predicted octanol–water partition coefficient (Wildman–Crippen LogP) is 2.54. The number of hydrogen-bond donors (Lipinski definition) is 1. The second-order valence-corrected chi connectivity index (χ2v) is 4.85. The molecule has 3 nitrogen and oxygen atoms in total. The molecule has 1 aromatic carbocycles. The first-order valence-corrected chi connectivity index (χ1v) is 6.38. The number of benzene rings is 1. The Morgan fingerprint density at radius 2 is 2.00 bits per heavy atom. The number of halogens is 1. The second kappa shape index (κ2) is 4.61. The minimum absolute atomic E-state index is 0.233. The van der Waals surface area contributed by atoms with Crippen molar-refractivity contribution in [3.05, 3.63) is 35.5 Å². The van der Waals surface area contributed by atoms with Crippen LogP contribution >= 0.6 is 0 Å². The lowest BCUT2D eigenvalue weighted by atomic mass is 9.97. The van der Waals surface area contributed by atoms with E-state index in [1.54, 1.807) is 6.07 Å². The monoisotopic (exact) mass is 245 g/mol. The van der Waals surface area contributed by atoms with Gasteiger partial charge in [0.05, 0.1) is 5.52 Å². The van der Waals surface area contributed by atoms with Gasteiger partial charge in [0.2, 0.25) is 0 Å². The number of rotatable bonds is 1. The molecule has 18 heavy (non-hydrogen) atoms. The summed E-state index contributed by atoms with van der Waals surface area (Å²) in [6.45, 7) is 3.97. The first kappa shape index (κ1) is 11.5. The summed E-state index contributed by atoms with van der Waals surface area (Å²) in [7, 11) is 0. The molecule has 0 atom stereocenters. The molecule has 0 radical (unpaired) electrons. The van der Waals surface area contributed by atoms with Gasteiger partial charge in [-0.3, -0.25) is 0 Å². The van der Waals surface area contributed by atoms with E-state index in [1.807, 2.05) is 6.92 Å². The molecule has 2 heterocycles. The highest BCUT2D eigenvalue weighted by molar-refractivity contribution is 5.80. The van der Waals surface area contributed by atoms with Crippen molar-refractivity contribution in [2.24, 2.45) is 0 Å². The van der Waals surface area contributed by atoms with Gasteiger partial charge in [-0.2, -0.15) is 0 Å². The lowest BCUT2D eigenvalue weighted by Gasteiger charge is -2.21. The van der Waals surface area contributed by atoms with E-state index in [0.29, 0.717) is 5.92 Å². The summed E-state index contributed by atoms with van der Waals surface area (Å²) in [6.07, 6.45) is 2.15. The third-order valence-electron chi connectivity index (χ3n) is 3.57. The fourth-order valence-electron chi connectivity index (χ4n) is 2.54. The van der Waals surface area contributed by atoms with Crippen molar-refractivity contribution >= 4 is 10.9 Å². The molecule has 0 spiro atoms. The van der Waals surface area contributed by atoms with Gasteiger partial charge in [-0.15, -0.1) is 0 Å². The summed E-state index contributed by atoms with van der Waals surface area (Å²) in [5.74, 6) is 1.11. The van der Waals surface area contributed by atoms with Gasteiger partial charge < -0.3 is 5.32 Å². The molecule has 2 aromatic rings. The van der Waals surface area contributed by atoms with Crippen molar-refractivity contribution < 1.29 is 4.39 Å². The number of aromatic nitrogens is 2. The van der Waals surface area contributed by atoms with E-state index in [1.165, 1.54) is 12.1 Å². The zero-order chi connectivity index (χ0) is 12.5. The number of nitrogens with one attached hydrogen (secondary N) is 1. The maximum Gasteiger partial charge on any atom is 0.132 e. The SMILES string of the molecule is Cc1nc(C2CCNCC2)nc2ccc(F)cc12. The Morgan fingerprint density at radius 1 is 1.22 bits per heavy atom. The van der Waals surface area contributed by atoms with Gasteiger partial charge in [-0.05, 0) is 51.1 Å². The van der Waals surface area contributed by atoms with E-state index in [2.05, 4.69) is 15.3 Å². The van der Waals surface area contributed by atoms with E-state index >= 15 is 0 Å². The third-order valence-corrected chi connectivity index (χ3v) is 3.57. The maximum atomic E-state index is 13.2. The Balaban J connectivity index is 2.06. The van der Waals surface area contributed by atoms with Crippen LogP contribution in [0.15, 0.2) is 18.2 Å². The quantitative estimate of drug-likeness (QED) is 0.839. The average molecular weight is 245 g/mol. The number of nitrogens with zero attached hydrogens (tertiary/aromatic N) is 2. The lowest BCUT2D eigenvalue weighted by molar-refractivity contribution is 0.445. The predicted molar refractivity (Wildman–Crippen MR) is 69.1 cm³/mol. The van der Waals surface area contributed by atoms with Gasteiger partial charge in [0, 0.05) is 17.0 Å². The molecule has 0 saturated carbocycles. The van der Waals surface area contributed by atoms with Gasteiger partial charge in [0.1, 0.15) is 11.6 Å². The normalized spacial score (nSPS) is 17.2. The van der Waals surface area contributed by atoms with Crippen molar-refractivity contribution in [3.8, 4) is 0 Å². The van der Waals surface area contributed by atoms with Crippen LogP contribution in [0.2, 0.25) is 0 Å². The summed E-state index contributed by atoms with van der Waals surface area (Å²) < 4.78 is 13.2. The van der Waals surface area contributed by atoms with Crippen LogP contribution in [0.5, 0.6) is 0 Å². The van der Waals surface area contributed by atoms with Crippen LogP contribution in [0.4, 0.5) is 4.39 Å². The fraction of sp³-hybridized carbons (Fsp3) is 0.429. The van der Waals surface area contributed by atoms with Crippen molar-refractivity contribution in [1.82, 2.24) is 15.3 Å². The molecule has 0 aliphatic carbocycles. The molecule has 0 amide bonds. The zero-order valence-corrected chi connectivity index (χ0v) is 10.4. The fourth-order valence-corrected chi connectivity index (χ4v) is 2.54. The molecule has 1 aromatic heterocycles. The highest BCUT2D eigenvalue weighted by Crippen LogP contribution is 2.25. The van der Waals surface area contributed by atoms with E-state index in [0.717, 1.165) is 48.4 Å². The maximum absolute atomic E-state index is 13.2. The van der Waals surface area contributed by atoms with Crippen LogP contribution in [-0.4, -0.2) is 23.1 Å². The lowest BCUT2D eigenvalue weighted by Crippen LogP contribution is -2.27. The van der Waals surface area contributed by atoms with Crippen molar-refractivity contribution in [1.29, 1.82) is 0 Å². The first-order chi connectivity index (χ1) is 8.74. The summed E-state index contributed by atoms with van der Waals surface area (Å²) in [6, 6.07) is 4.71. The van der Waals surface area contributed by atoms with Crippen LogP contribution < -0.4 is 5.32 Å². The summed E-state index contributed by atoms with van der Waals surface area (Å²) in [5.41, 5.74) is 1.71. The minimum Gasteiger partial charge on any atom is -0.317 e. The minimum atomic E-state index is -0.233. The van der Waals surface area contributed by atoms with Crippen molar-refractivity contribution in [3.63, 3.8) is 0 Å². The van der Waals surface area contributed by atoms with E-state index in [9.17, 15) is 4.39 Å². The molecule has 0 bridgehead atoms. The Labute approximate surface area is 105 Å². The van der Waals surface area contributed by atoms with E-state index in [-0.39, 0.29) is 5.82 Å². The first-order valence-electron chi connectivity index (χ1n) is 6.38. The summed E-state index contributed by atoms with van der Waals surface area (Å²) in [4.78, 5) is 9.16. The largest absolute Gasteiger partial charge is 0.317 e. The third kappa shape index (κ3) is 2.08. The van der Waals surface area contributed by atoms with Crippen LogP contribution in [0.3, 0.4) is 0 Å². The summed E-state index contributed by atoms with van der Waals surface area (Å²) >= 11 is 0. The van der Waals surface area contributed by atoms with E-state index in [4.69, 9.17) is 0 Å². The topological polar surface area (TPSA) is 37.8 Å². The molecule has 1 aliphatic heterocycles. The second-order valence-electron chi connectivity index (χ2n) is 4.85. The molecule has 1 N–H and O–H groups in total. The molecule has 3 rings (SSSR count). The average Bonchev–Trinajstić information content (AvgIpc) is 2.40. The van der Waals surface area contributed by atoms with Crippen LogP contribution in [-0.2, 0) is 0 Å². The number of fused-ring (bicyclic) bond motifs is 1. The molecule has 4 heteroatoms. The molecule has 1 aliphatic rings. The van der Waals surface area contributed by atoms with Gasteiger partial charge in [0.25, 0.3) is 0 Å².